The van der Waals surface area contributed by atoms with Crippen molar-refractivity contribution in [3.8, 4) is 0 Å². The van der Waals surface area contributed by atoms with Crippen LogP contribution in [0.1, 0.15) is 6.42 Å². The molecule has 1 aliphatic heterocycles. The van der Waals surface area contributed by atoms with Crippen molar-refractivity contribution in [3.63, 3.8) is 0 Å². The van der Waals surface area contributed by atoms with Gasteiger partial charge in [-0.25, -0.2) is 4.39 Å². The van der Waals surface area contributed by atoms with Crippen LogP contribution < -0.4 is 5.32 Å². The van der Waals surface area contributed by atoms with Gasteiger partial charge in [0.1, 0.15) is 6.17 Å². The Morgan fingerprint density at radius 1 is 1.40 bits per heavy atom. The van der Waals surface area contributed by atoms with Gasteiger partial charge in [-0.05, 0) is 18.6 Å². The van der Waals surface area contributed by atoms with E-state index < -0.39 is 6.17 Å². The molecule has 1 aromatic carbocycles. The van der Waals surface area contributed by atoms with Crippen LogP contribution in [0.15, 0.2) is 24.3 Å². The smallest absolute Gasteiger partial charge is 0.143 e. The molecule has 1 heterocycles. The molecule has 0 spiro atoms. The molecule has 0 saturated carbocycles. The van der Waals surface area contributed by atoms with Crippen molar-refractivity contribution >= 4 is 17.3 Å². The second-order valence-electron chi connectivity index (χ2n) is 3.61. The van der Waals surface area contributed by atoms with E-state index in [1.54, 1.807) is 6.07 Å². The van der Waals surface area contributed by atoms with E-state index in [-0.39, 0.29) is 12.6 Å². The van der Waals surface area contributed by atoms with Crippen molar-refractivity contribution in [2.75, 3.05) is 18.5 Å². The van der Waals surface area contributed by atoms with Gasteiger partial charge in [-0.15, -0.1) is 0 Å². The number of benzene rings is 1. The van der Waals surface area contributed by atoms with Crippen LogP contribution in [-0.4, -0.2) is 25.4 Å². The van der Waals surface area contributed by atoms with Gasteiger partial charge in [-0.1, -0.05) is 23.7 Å². The molecule has 1 N–H and O–H groups in total. The molecule has 1 saturated heterocycles. The molecule has 1 aromatic rings. The normalized spacial score (nSPS) is 26.3. The third kappa shape index (κ3) is 2.61. The summed E-state index contributed by atoms with van der Waals surface area (Å²) in [7, 11) is 0. The average molecular weight is 230 g/mol. The minimum absolute atomic E-state index is 0.169. The van der Waals surface area contributed by atoms with E-state index in [2.05, 4.69) is 5.32 Å². The average Bonchev–Trinajstić information content (AvgIpc) is 2.24. The zero-order valence-electron chi connectivity index (χ0n) is 8.25. The first-order valence-corrected chi connectivity index (χ1v) is 5.38. The highest BCUT2D eigenvalue weighted by Crippen LogP contribution is 2.24. The van der Waals surface area contributed by atoms with Crippen molar-refractivity contribution < 1.29 is 9.13 Å². The summed E-state index contributed by atoms with van der Waals surface area (Å²) in [5.41, 5.74) is 0.786. The van der Waals surface area contributed by atoms with E-state index >= 15 is 0 Å². The standard InChI is InChI=1S/C11H13ClFNO/c12-8-3-1-2-4-10(8)14-11-5-6-15-7-9(11)13/h1-4,9,11,14H,5-7H2. The molecule has 0 radical (unpaired) electrons. The Balaban J connectivity index is 2.04. The Morgan fingerprint density at radius 3 is 2.93 bits per heavy atom. The predicted octanol–water partition coefficient (Wildman–Crippen LogP) is 2.88. The fourth-order valence-electron chi connectivity index (χ4n) is 1.64. The number of ether oxygens (including phenoxy) is 1. The molecule has 0 bridgehead atoms. The minimum Gasteiger partial charge on any atom is -0.378 e. The largest absolute Gasteiger partial charge is 0.378 e. The Labute approximate surface area is 93.4 Å². The quantitative estimate of drug-likeness (QED) is 0.842. The molecule has 0 aromatic heterocycles. The number of nitrogens with one attached hydrogen (secondary N) is 1. The van der Waals surface area contributed by atoms with E-state index in [0.29, 0.717) is 18.1 Å². The van der Waals surface area contributed by atoms with Gasteiger partial charge in [0.05, 0.1) is 23.4 Å². The van der Waals surface area contributed by atoms with E-state index in [1.165, 1.54) is 0 Å². The van der Waals surface area contributed by atoms with Crippen LogP contribution in [0.3, 0.4) is 0 Å². The van der Waals surface area contributed by atoms with Crippen LogP contribution in [-0.2, 0) is 4.74 Å². The Kier molecular flexibility index (Phi) is 3.44. The summed E-state index contributed by atoms with van der Waals surface area (Å²) in [6, 6.07) is 7.17. The predicted molar refractivity (Wildman–Crippen MR) is 59.2 cm³/mol. The molecule has 2 atom stereocenters. The number of rotatable bonds is 2. The van der Waals surface area contributed by atoms with Crippen molar-refractivity contribution in [1.29, 1.82) is 0 Å². The third-order valence-electron chi connectivity index (χ3n) is 2.50. The molecule has 15 heavy (non-hydrogen) atoms. The summed E-state index contributed by atoms with van der Waals surface area (Å²) in [5.74, 6) is 0. The number of hydrogen-bond donors (Lipinski definition) is 1. The fourth-order valence-corrected chi connectivity index (χ4v) is 1.83. The summed E-state index contributed by atoms with van der Waals surface area (Å²) >= 11 is 5.97. The Bertz CT molecular complexity index is 334. The van der Waals surface area contributed by atoms with Crippen LogP contribution in [0, 0.1) is 0 Å². The first-order chi connectivity index (χ1) is 7.27. The summed E-state index contributed by atoms with van der Waals surface area (Å²) < 4.78 is 18.5. The number of hydrogen-bond acceptors (Lipinski definition) is 2. The Morgan fingerprint density at radius 2 is 2.20 bits per heavy atom. The topological polar surface area (TPSA) is 21.3 Å². The maximum atomic E-state index is 13.4. The lowest BCUT2D eigenvalue weighted by Gasteiger charge is -2.28. The number of para-hydroxylation sites is 1. The zero-order chi connectivity index (χ0) is 10.7. The van der Waals surface area contributed by atoms with Gasteiger partial charge in [-0.2, -0.15) is 0 Å². The molecule has 4 heteroatoms. The number of alkyl halides is 1. The molecule has 82 valence electrons. The summed E-state index contributed by atoms with van der Waals surface area (Å²) in [6.07, 6.45) is -0.290. The van der Waals surface area contributed by atoms with Gasteiger partial charge < -0.3 is 10.1 Å². The van der Waals surface area contributed by atoms with Crippen molar-refractivity contribution in [2.24, 2.45) is 0 Å². The lowest BCUT2D eigenvalue weighted by Crippen LogP contribution is -2.39. The van der Waals surface area contributed by atoms with Crippen LogP contribution in [0.4, 0.5) is 10.1 Å². The first kappa shape index (κ1) is 10.7. The van der Waals surface area contributed by atoms with E-state index in [1.807, 2.05) is 18.2 Å². The van der Waals surface area contributed by atoms with Gasteiger partial charge in [0, 0.05) is 6.61 Å². The highest BCUT2D eigenvalue weighted by atomic mass is 35.5. The lowest BCUT2D eigenvalue weighted by molar-refractivity contribution is 0.0286. The molecule has 2 nitrogen and oxygen atoms in total. The second-order valence-corrected chi connectivity index (χ2v) is 4.02. The third-order valence-corrected chi connectivity index (χ3v) is 2.83. The highest BCUT2D eigenvalue weighted by molar-refractivity contribution is 6.33. The number of halogens is 2. The molecular formula is C11H13ClFNO. The van der Waals surface area contributed by atoms with Gasteiger partial charge in [0.2, 0.25) is 0 Å². The van der Waals surface area contributed by atoms with Crippen molar-refractivity contribution in [2.45, 2.75) is 18.6 Å². The molecule has 2 rings (SSSR count). The maximum Gasteiger partial charge on any atom is 0.143 e. The molecular weight excluding hydrogens is 217 g/mol. The van der Waals surface area contributed by atoms with Gasteiger partial charge in [0.15, 0.2) is 0 Å². The molecule has 0 amide bonds. The van der Waals surface area contributed by atoms with Gasteiger partial charge in [0.25, 0.3) is 0 Å². The van der Waals surface area contributed by atoms with E-state index in [9.17, 15) is 4.39 Å². The molecule has 2 unspecified atom stereocenters. The Hall–Kier alpha value is -0.800. The zero-order valence-corrected chi connectivity index (χ0v) is 9.01. The first-order valence-electron chi connectivity index (χ1n) is 5.00. The lowest BCUT2D eigenvalue weighted by atomic mass is 10.1. The maximum absolute atomic E-state index is 13.4. The molecule has 1 aliphatic rings. The van der Waals surface area contributed by atoms with Gasteiger partial charge >= 0.3 is 0 Å². The monoisotopic (exact) mass is 229 g/mol. The SMILES string of the molecule is FC1COCCC1Nc1ccccc1Cl. The fraction of sp³-hybridized carbons (Fsp3) is 0.455. The highest BCUT2D eigenvalue weighted by Gasteiger charge is 2.25. The summed E-state index contributed by atoms with van der Waals surface area (Å²) in [6.45, 7) is 0.769. The van der Waals surface area contributed by atoms with E-state index in [4.69, 9.17) is 16.3 Å². The second kappa shape index (κ2) is 4.81. The van der Waals surface area contributed by atoms with Crippen LogP contribution in [0.2, 0.25) is 5.02 Å². The van der Waals surface area contributed by atoms with E-state index in [0.717, 1.165) is 5.69 Å². The summed E-state index contributed by atoms with van der Waals surface area (Å²) in [5, 5.41) is 3.73. The minimum atomic E-state index is -0.963. The van der Waals surface area contributed by atoms with Gasteiger partial charge in [-0.3, -0.25) is 0 Å². The number of anilines is 1. The van der Waals surface area contributed by atoms with Crippen LogP contribution >= 0.6 is 11.6 Å². The molecule has 1 fully saturated rings. The van der Waals surface area contributed by atoms with Crippen molar-refractivity contribution in [1.82, 2.24) is 0 Å². The summed E-state index contributed by atoms with van der Waals surface area (Å²) in [4.78, 5) is 0. The molecule has 0 aliphatic carbocycles. The van der Waals surface area contributed by atoms with Crippen molar-refractivity contribution in [3.05, 3.63) is 29.3 Å². The van der Waals surface area contributed by atoms with Crippen LogP contribution in [0.5, 0.6) is 0 Å². The van der Waals surface area contributed by atoms with Crippen LogP contribution in [0.25, 0.3) is 0 Å².